The molecule has 2 heterocycles. The van der Waals surface area contributed by atoms with Gasteiger partial charge in [-0.3, -0.25) is 0 Å². The molecule has 3 heteroatoms. The maximum absolute atomic E-state index is 9.51. The summed E-state index contributed by atoms with van der Waals surface area (Å²) >= 11 is 0. The Morgan fingerprint density at radius 1 is 0.957 bits per heavy atom. The molecule has 4 rings (SSSR count). The molecule has 2 aromatic heterocycles. The smallest absolute Gasteiger partial charge is 0.101 e. The van der Waals surface area contributed by atoms with Gasteiger partial charge in [0.05, 0.1) is 22.5 Å². The third-order valence-electron chi connectivity index (χ3n) is 3.85. The summed E-state index contributed by atoms with van der Waals surface area (Å²) in [5, 5.41) is 11.7. The van der Waals surface area contributed by atoms with Crippen molar-refractivity contribution in [3.8, 4) is 6.07 Å². The Morgan fingerprint density at radius 3 is 2.57 bits per heavy atom. The number of allylic oxidation sites excluding steroid dienone is 1. The molecule has 0 radical (unpaired) electrons. The molecule has 0 unspecified atom stereocenters. The van der Waals surface area contributed by atoms with E-state index in [9.17, 15) is 5.26 Å². The molecule has 108 valence electrons. The molecule has 0 spiro atoms. The van der Waals surface area contributed by atoms with Crippen LogP contribution in [-0.4, -0.2) is 9.97 Å². The zero-order chi connectivity index (χ0) is 15.6. The first-order chi connectivity index (χ1) is 11.3. The number of fused-ring (bicyclic) bond motifs is 2. The molecule has 4 aromatic rings. The van der Waals surface area contributed by atoms with Crippen LogP contribution in [0, 0.1) is 11.3 Å². The van der Waals surface area contributed by atoms with Gasteiger partial charge >= 0.3 is 0 Å². The molecule has 0 amide bonds. The highest BCUT2D eigenvalue weighted by Gasteiger charge is 2.06. The van der Waals surface area contributed by atoms with E-state index >= 15 is 0 Å². The second-order valence-corrected chi connectivity index (χ2v) is 5.37. The summed E-state index contributed by atoms with van der Waals surface area (Å²) in [5.74, 6) is 0. The second-order valence-electron chi connectivity index (χ2n) is 5.37. The van der Waals surface area contributed by atoms with Gasteiger partial charge in [0.25, 0.3) is 0 Å². The largest absolute Gasteiger partial charge is 0.354 e. The van der Waals surface area contributed by atoms with Gasteiger partial charge in [-0.2, -0.15) is 5.26 Å². The molecule has 3 nitrogen and oxygen atoms in total. The Bertz CT molecular complexity index is 1050. The van der Waals surface area contributed by atoms with Crippen LogP contribution >= 0.6 is 0 Å². The fourth-order valence-electron chi connectivity index (χ4n) is 2.70. The Kier molecular flexibility index (Phi) is 3.14. The molecular formula is C20H13N3. The molecule has 1 N–H and O–H groups in total. The number of H-pyrrole nitrogens is 1. The van der Waals surface area contributed by atoms with Crippen molar-refractivity contribution in [3.63, 3.8) is 0 Å². The van der Waals surface area contributed by atoms with E-state index in [-0.39, 0.29) is 0 Å². The summed E-state index contributed by atoms with van der Waals surface area (Å²) in [5.41, 5.74) is 4.11. The highest BCUT2D eigenvalue weighted by molar-refractivity contribution is 5.94. The number of nitriles is 1. The maximum atomic E-state index is 9.51. The number of rotatable bonds is 2. The fourth-order valence-corrected chi connectivity index (χ4v) is 2.70. The van der Waals surface area contributed by atoms with E-state index < -0.39 is 0 Å². The van der Waals surface area contributed by atoms with Crippen LogP contribution in [0.15, 0.2) is 66.7 Å². The first-order valence-electron chi connectivity index (χ1n) is 7.39. The lowest BCUT2D eigenvalue weighted by molar-refractivity contribution is 1.36. The Morgan fingerprint density at radius 2 is 1.74 bits per heavy atom. The van der Waals surface area contributed by atoms with Crippen LogP contribution in [0.4, 0.5) is 0 Å². The lowest BCUT2D eigenvalue weighted by Gasteiger charge is -2.00. The van der Waals surface area contributed by atoms with Crippen LogP contribution in [0.3, 0.4) is 0 Å². The van der Waals surface area contributed by atoms with E-state index in [1.54, 1.807) is 0 Å². The molecule has 0 aliphatic heterocycles. The van der Waals surface area contributed by atoms with E-state index in [1.807, 2.05) is 72.8 Å². The zero-order valence-corrected chi connectivity index (χ0v) is 12.3. The van der Waals surface area contributed by atoms with Crippen LogP contribution in [0.25, 0.3) is 33.5 Å². The Balaban J connectivity index is 1.81. The van der Waals surface area contributed by atoms with E-state index in [0.717, 1.165) is 33.2 Å². The standard InChI is InChI=1S/C20H13N3/c21-13-16(20-12-15-6-2-4-8-19(15)23-20)11-17-10-9-14-5-1-3-7-18(14)22-17/h1-12,23H/b16-11+. The summed E-state index contributed by atoms with van der Waals surface area (Å²) in [6.07, 6.45) is 1.82. The minimum Gasteiger partial charge on any atom is -0.354 e. The fraction of sp³-hybridized carbons (Fsp3) is 0. The number of nitrogens with one attached hydrogen (secondary N) is 1. The number of nitrogens with zero attached hydrogens (tertiary/aromatic N) is 2. The third-order valence-corrected chi connectivity index (χ3v) is 3.85. The number of aromatic amines is 1. The first-order valence-corrected chi connectivity index (χ1v) is 7.39. The van der Waals surface area contributed by atoms with Crippen molar-refractivity contribution >= 4 is 33.5 Å². The summed E-state index contributed by atoms with van der Waals surface area (Å²) in [6.45, 7) is 0. The minimum atomic E-state index is 0.573. The van der Waals surface area contributed by atoms with Gasteiger partial charge in [0, 0.05) is 16.3 Å². The SMILES string of the molecule is N#C/C(=C\c1ccc2ccccc2n1)c1cc2ccccc2[nH]1. The van der Waals surface area contributed by atoms with E-state index in [0.29, 0.717) is 5.57 Å². The van der Waals surface area contributed by atoms with Gasteiger partial charge in [-0.15, -0.1) is 0 Å². The van der Waals surface area contributed by atoms with Crippen molar-refractivity contribution in [2.75, 3.05) is 0 Å². The number of benzene rings is 2. The molecule has 0 bridgehead atoms. The monoisotopic (exact) mass is 295 g/mol. The number of para-hydroxylation sites is 2. The highest BCUT2D eigenvalue weighted by Crippen LogP contribution is 2.22. The lowest BCUT2D eigenvalue weighted by atomic mass is 10.1. The van der Waals surface area contributed by atoms with Gasteiger partial charge in [0.1, 0.15) is 6.07 Å². The topological polar surface area (TPSA) is 52.5 Å². The van der Waals surface area contributed by atoms with Gasteiger partial charge in [0.15, 0.2) is 0 Å². The molecule has 0 atom stereocenters. The summed E-state index contributed by atoms with van der Waals surface area (Å²) in [6, 6.07) is 24.2. The Labute approximate surface area is 133 Å². The van der Waals surface area contributed by atoms with Crippen LogP contribution in [0.2, 0.25) is 0 Å². The first kappa shape index (κ1) is 13.3. The molecule has 0 saturated carbocycles. The summed E-state index contributed by atoms with van der Waals surface area (Å²) < 4.78 is 0. The van der Waals surface area contributed by atoms with Gasteiger partial charge in [-0.1, -0.05) is 42.5 Å². The summed E-state index contributed by atoms with van der Waals surface area (Å²) in [7, 11) is 0. The van der Waals surface area contributed by atoms with Gasteiger partial charge < -0.3 is 4.98 Å². The third kappa shape index (κ3) is 2.47. The summed E-state index contributed by atoms with van der Waals surface area (Å²) in [4.78, 5) is 7.89. The molecule has 2 aromatic carbocycles. The van der Waals surface area contributed by atoms with Crippen molar-refractivity contribution in [3.05, 3.63) is 78.1 Å². The molecule has 23 heavy (non-hydrogen) atoms. The van der Waals surface area contributed by atoms with E-state index in [1.165, 1.54) is 0 Å². The van der Waals surface area contributed by atoms with Crippen molar-refractivity contribution < 1.29 is 0 Å². The number of aromatic nitrogens is 2. The van der Waals surface area contributed by atoms with Gasteiger partial charge in [0.2, 0.25) is 0 Å². The van der Waals surface area contributed by atoms with Crippen molar-refractivity contribution in [2.24, 2.45) is 0 Å². The van der Waals surface area contributed by atoms with E-state index in [4.69, 9.17) is 0 Å². The second kappa shape index (κ2) is 5.43. The molecule has 0 saturated heterocycles. The van der Waals surface area contributed by atoms with Crippen LogP contribution < -0.4 is 0 Å². The van der Waals surface area contributed by atoms with Crippen molar-refractivity contribution in [1.29, 1.82) is 5.26 Å². The van der Waals surface area contributed by atoms with Crippen molar-refractivity contribution in [2.45, 2.75) is 0 Å². The predicted molar refractivity (Wildman–Crippen MR) is 93.5 cm³/mol. The quantitative estimate of drug-likeness (QED) is 0.541. The average Bonchev–Trinajstić information content (AvgIpc) is 3.03. The van der Waals surface area contributed by atoms with Gasteiger partial charge in [-0.05, 0) is 30.3 Å². The van der Waals surface area contributed by atoms with Crippen LogP contribution in [0.1, 0.15) is 11.4 Å². The normalized spacial score (nSPS) is 11.7. The number of pyridine rings is 1. The molecule has 0 fully saturated rings. The van der Waals surface area contributed by atoms with E-state index in [2.05, 4.69) is 16.0 Å². The average molecular weight is 295 g/mol. The number of hydrogen-bond acceptors (Lipinski definition) is 2. The van der Waals surface area contributed by atoms with Crippen LogP contribution in [-0.2, 0) is 0 Å². The predicted octanol–water partition coefficient (Wildman–Crippen LogP) is 4.78. The Hall–Kier alpha value is -3.38. The highest BCUT2D eigenvalue weighted by atomic mass is 14.7. The van der Waals surface area contributed by atoms with Crippen molar-refractivity contribution in [1.82, 2.24) is 9.97 Å². The van der Waals surface area contributed by atoms with Crippen LogP contribution in [0.5, 0.6) is 0 Å². The molecule has 0 aliphatic rings. The molecule has 0 aliphatic carbocycles. The van der Waals surface area contributed by atoms with Gasteiger partial charge in [-0.25, -0.2) is 4.98 Å². The minimum absolute atomic E-state index is 0.573. The zero-order valence-electron chi connectivity index (χ0n) is 12.3. The lowest BCUT2D eigenvalue weighted by Crippen LogP contribution is -1.86. The number of hydrogen-bond donors (Lipinski definition) is 1. The molecular weight excluding hydrogens is 282 g/mol. The maximum Gasteiger partial charge on any atom is 0.101 e.